The smallest absolute Gasteiger partial charge is 0.331 e. The van der Waals surface area contributed by atoms with Crippen molar-refractivity contribution in [3.05, 3.63) is 53.9 Å². The molecule has 0 fully saturated rings. The van der Waals surface area contributed by atoms with Gasteiger partial charge in [0, 0.05) is 24.8 Å². The van der Waals surface area contributed by atoms with E-state index in [1.54, 1.807) is 39.8 Å². The van der Waals surface area contributed by atoms with E-state index in [1.807, 2.05) is 44.2 Å². The average Bonchev–Trinajstić information content (AvgIpc) is 3.46. The van der Waals surface area contributed by atoms with E-state index in [0.29, 0.717) is 17.1 Å². The highest BCUT2D eigenvalue weighted by Gasteiger charge is 2.30. The number of aromatic nitrogens is 4. The number of fused-ring (bicyclic) bond motifs is 1. The number of hydrogen-bond donors (Lipinski definition) is 2. The molecule has 0 aliphatic rings. The predicted molar refractivity (Wildman–Crippen MR) is 174 cm³/mol. The Kier molecular flexibility index (Phi) is 13.1. The summed E-state index contributed by atoms with van der Waals surface area (Å²) in [6.45, 7) is 10.7. The second kappa shape index (κ2) is 16.7. The summed E-state index contributed by atoms with van der Waals surface area (Å²) in [5, 5.41) is 19.2. The zero-order valence-electron chi connectivity index (χ0n) is 28.3. The van der Waals surface area contributed by atoms with E-state index in [2.05, 4.69) is 31.2 Å². The second-order valence-corrected chi connectivity index (χ2v) is 12.4. The number of carbonyl (C=O) groups is 4. The van der Waals surface area contributed by atoms with Gasteiger partial charge in [-0.1, -0.05) is 50.2 Å². The van der Waals surface area contributed by atoms with Gasteiger partial charge in [0.15, 0.2) is 11.9 Å². The number of nitrogens with zero attached hydrogens (tertiary/aromatic N) is 5. The maximum Gasteiger partial charge on any atom is 0.331 e. The highest BCUT2D eigenvalue weighted by Crippen LogP contribution is 2.19. The van der Waals surface area contributed by atoms with E-state index in [0.717, 1.165) is 10.8 Å². The molecule has 14 nitrogen and oxygen atoms in total. The molecule has 3 aromatic rings. The Hall–Kier alpha value is -4.72. The van der Waals surface area contributed by atoms with Crippen molar-refractivity contribution in [2.75, 3.05) is 14.2 Å². The first-order chi connectivity index (χ1) is 22.2. The van der Waals surface area contributed by atoms with Crippen molar-refractivity contribution in [3.8, 4) is 0 Å². The molecule has 0 bridgehead atoms. The topological polar surface area (TPSA) is 176 Å². The van der Waals surface area contributed by atoms with Gasteiger partial charge in [-0.15, -0.1) is 5.10 Å². The molecule has 2 aromatic carbocycles. The maximum absolute atomic E-state index is 13.9. The van der Waals surface area contributed by atoms with Crippen LogP contribution < -0.4 is 10.6 Å². The number of tetrazole rings is 1. The first-order valence-electron chi connectivity index (χ1n) is 15.4. The minimum Gasteiger partial charge on any atom is -0.467 e. The normalized spacial score (nSPS) is 13.9. The van der Waals surface area contributed by atoms with E-state index < -0.39 is 47.5 Å². The Morgan fingerprint density at radius 2 is 1.70 bits per heavy atom. The minimum absolute atomic E-state index is 0.122. The van der Waals surface area contributed by atoms with Gasteiger partial charge in [-0.25, -0.2) is 9.48 Å². The number of methoxy groups -OCH3 is 2. The number of benzene rings is 2. The number of nitrogens with one attached hydrogen (secondary N) is 2. The van der Waals surface area contributed by atoms with Gasteiger partial charge in [0.05, 0.1) is 19.6 Å². The SMILES string of the molecule is COCn1nnnc1CC[C@H](NC(=O)c1cccc2ccccc12)C(=O)N[C@H](C(C)=N[C@@H](CC(=O)OC(C)(C)C)C(=O)OC)C(C)C. The molecule has 3 rings (SSSR count). The van der Waals surface area contributed by atoms with Gasteiger partial charge < -0.3 is 24.8 Å². The van der Waals surface area contributed by atoms with E-state index in [9.17, 15) is 19.2 Å². The Labute approximate surface area is 274 Å². The average molecular weight is 652 g/mol. The summed E-state index contributed by atoms with van der Waals surface area (Å²) in [7, 11) is 2.73. The molecule has 0 saturated carbocycles. The molecule has 1 aromatic heterocycles. The summed E-state index contributed by atoms with van der Waals surface area (Å²) in [6.07, 6.45) is 0.0841. The highest BCUT2D eigenvalue weighted by atomic mass is 16.6. The van der Waals surface area contributed by atoms with Crippen LogP contribution in [0, 0.1) is 5.92 Å². The number of carbonyl (C=O) groups excluding carboxylic acids is 4. The highest BCUT2D eigenvalue weighted by molar-refractivity contribution is 6.08. The van der Waals surface area contributed by atoms with Crippen molar-refractivity contribution in [1.82, 2.24) is 30.8 Å². The third kappa shape index (κ3) is 10.7. The van der Waals surface area contributed by atoms with E-state index in [4.69, 9.17) is 14.2 Å². The summed E-state index contributed by atoms with van der Waals surface area (Å²) in [4.78, 5) is 57.2. The van der Waals surface area contributed by atoms with Crippen LogP contribution in [0.25, 0.3) is 10.8 Å². The van der Waals surface area contributed by atoms with Crippen LogP contribution in [0.15, 0.2) is 47.5 Å². The zero-order chi connectivity index (χ0) is 34.7. The molecule has 0 spiro atoms. The van der Waals surface area contributed by atoms with E-state index >= 15 is 0 Å². The first kappa shape index (κ1) is 36.7. The molecule has 254 valence electrons. The molecule has 0 aliphatic carbocycles. The fraction of sp³-hybridized carbons (Fsp3) is 0.515. The van der Waals surface area contributed by atoms with Crippen LogP contribution in [-0.2, 0) is 41.7 Å². The molecule has 0 saturated heterocycles. The van der Waals surface area contributed by atoms with Crippen molar-refractivity contribution >= 4 is 40.2 Å². The van der Waals surface area contributed by atoms with Gasteiger partial charge in [0.1, 0.15) is 18.4 Å². The third-order valence-corrected chi connectivity index (χ3v) is 7.20. The first-order valence-corrected chi connectivity index (χ1v) is 15.4. The summed E-state index contributed by atoms with van der Waals surface area (Å²) in [5.41, 5.74) is 0.0744. The predicted octanol–water partition coefficient (Wildman–Crippen LogP) is 3.04. The number of aryl methyl sites for hydroxylation is 1. The number of esters is 2. The number of ether oxygens (including phenoxy) is 3. The van der Waals surface area contributed by atoms with Gasteiger partial charge in [-0.3, -0.25) is 19.4 Å². The fourth-order valence-electron chi connectivity index (χ4n) is 5.02. The third-order valence-electron chi connectivity index (χ3n) is 7.20. The van der Waals surface area contributed by atoms with Crippen molar-refractivity contribution in [3.63, 3.8) is 0 Å². The Balaban J connectivity index is 1.89. The number of amides is 2. The Morgan fingerprint density at radius 3 is 2.36 bits per heavy atom. The van der Waals surface area contributed by atoms with Crippen molar-refractivity contribution < 1.29 is 33.4 Å². The summed E-state index contributed by atoms with van der Waals surface area (Å²) in [6, 6.07) is 10.1. The van der Waals surface area contributed by atoms with Gasteiger partial charge in [0.25, 0.3) is 5.91 Å². The number of rotatable bonds is 15. The van der Waals surface area contributed by atoms with Crippen molar-refractivity contribution in [2.45, 2.75) is 91.3 Å². The summed E-state index contributed by atoms with van der Waals surface area (Å²) < 4.78 is 16.9. The lowest BCUT2D eigenvalue weighted by atomic mass is 9.98. The van der Waals surface area contributed by atoms with Crippen LogP contribution in [-0.4, -0.2) is 87.6 Å². The molecule has 2 N–H and O–H groups in total. The lowest BCUT2D eigenvalue weighted by Crippen LogP contribution is -2.53. The second-order valence-electron chi connectivity index (χ2n) is 12.4. The van der Waals surface area contributed by atoms with Crippen molar-refractivity contribution in [1.29, 1.82) is 0 Å². The molecule has 0 unspecified atom stereocenters. The minimum atomic E-state index is -1.17. The Morgan fingerprint density at radius 1 is 1.00 bits per heavy atom. The maximum atomic E-state index is 13.9. The lowest BCUT2D eigenvalue weighted by Gasteiger charge is -2.27. The fourth-order valence-corrected chi connectivity index (χ4v) is 5.02. The zero-order valence-corrected chi connectivity index (χ0v) is 28.3. The lowest BCUT2D eigenvalue weighted by molar-refractivity contribution is -0.158. The quantitative estimate of drug-likeness (QED) is 0.184. The van der Waals surface area contributed by atoms with Gasteiger partial charge in [0.2, 0.25) is 5.91 Å². The van der Waals surface area contributed by atoms with Gasteiger partial charge in [-0.2, -0.15) is 0 Å². The summed E-state index contributed by atoms with van der Waals surface area (Å²) >= 11 is 0. The van der Waals surface area contributed by atoms with Crippen LogP contribution in [0.1, 0.15) is 70.6 Å². The number of hydrogen-bond acceptors (Lipinski definition) is 11. The number of aliphatic imine (C=N–C) groups is 1. The van der Waals surface area contributed by atoms with Crippen LogP contribution >= 0.6 is 0 Å². The molecule has 1 heterocycles. The molecule has 47 heavy (non-hydrogen) atoms. The molecular weight excluding hydrogens is 606 g/mol. The van der Waals surface area contributed by atoms with Crippen LogP contribution in [0.4, 0.5) is 0 Å². The van der Waals surface area contributed by atoms with E-state index in [-0.39, 0.29) is 31.9 Å². The van der Waals surface area contributed by atoms with Crippen LogP contribution in [0.5, 0.6) is 0 Å². The van der Waals surface area contributed by atoms with Crippen LogP contribution in [0.2, 0.25) is 0 Å². The molecular formula is C33H45N7O7. The van der Waals surface area contributed by atoms with Crippen molar-refractivity contribution in [2.24, 2.45) is 10.9 Å². The standard InChI is InChI=1S/C33H45N7O7/c1-20(2)29(21(3)34-26(32(44)46-8)18-28(41)47-33(4,5)6)36-31(43)25(16-17-27-37-38-39-40(27)19-45-7)35-30(42)24-15-11-13-22-12-9-10-14-23(22)24/h9-15,20,25-26,29H,16-19H2,1-8H3,(H,35,42)(H,36,43)/t25-,26-,29-/m0/s1. The molecule has 0 radical (unpaired) electrons. The summed E-state index contributed by atoms with van der Waals surface area (Å²) in [5.74, 6) is -1.91. The monoisotopic (exact) mass is 651 g/mol. The molecule has 3 atom stereocenters. The Bertz CT molecular complexity index is 1570. The van der Waals surface area contributed by atoms with Gasteiger partial charge in [-0.05, 0) is 67.3 Å². The van der Waals surface area contributed by atoms with E-state index in [1.165, 1.54) is 18.9 Å². The van der Waals surface area contributed by atoms with Gasteiger partial charge >= 0.3 is 11.9 Å². The molecule has 0 aliphatic heterocycles. The molecule has 2 amide bonds. The largest absolute Gasteiger partial charge is 0.467 e. The molecule has 14 heteroatoms. The van der Waals surface area contributed by atoms with Crippen LogP contribution in [0.3, 0.4) is 0 Å².